The summed E-state index contributed by atoms with van der Waals surface area (Å²) in [5, 5.41) is 3.67. The zero-order valence-electron chi connectivity index (χ0n) is 18.5. The van der Waals surface area contributed by atoms with Crippen molar-refractivity contribution in [3.05, 3.63) is 60.8 Å². The van der Waals surface area contributed by atoms with Crippen molar-refractivity contribution >= 4 is 7.28 Å². The standard InChI is InChI=1S/C25H40BN/c1-10-24(7,8)21(6)27-25(9)15-23(16-25)26-18(3)12-11-13-22-14-17(2)19(4)20(22)5/h10,13,19-20,23,26-27H,1-3,6,11-12,14-16H2,4-5,7-9H3/b22-13+. The third kappa shape index (κ3) is 5.30. The summed E-state index contributed by atoms with van der Waals surface area (Å²) < 4.78 is 0. The molecular formula is C25H40BN. The van der Waals surface area contributed by atoms with Crippen molar-refractivity contribution in [3.63, 3.8) is 0 Å². The second-order valence-electron chi connectivity index (χ2n) is 10.0. The largest absolute Gasteiger partial charge is 0.383 e. The first kappa shape index (κ1) is 21.9. The number of nitrogens with one attached hydrogen (secondary N) is 1. The van der Waals surface area contributed by atoms with Gasteiger partial charge in [-0.2, -0.15) is 0 Å². The zero-order valence-corrected chi connectivity index (χ0v) is 18.5. The summed E-state index contributed by atoms with van der Waals surface area (Å²) in [5.41, 5.74) is 5.58. The minimum atomic E-state index is -0.0641. The van der Waals surface area contributed by atoms with Crippen LogP contribution in [0.5, 0.6) is 0 Å². The van der Waals surface area contributed by atoms with E-state index in [4.69, 9.17) is 0 Å². The molecule has 0 spiro atoms. The van der Waals surface area contributed by atoms with E-state index in [0.29, 0.717) is 11.8 Å². The van der Waals surface area contributed by atoms with Gasteiger partial charge in [-0.05, 0) is 50.9 Å². The van der Waals surface area contributed by atoms with Crippen LogP contribution in [0.2, 0.25) is 5.82 Å². The van der Waals surface area contributed by atoms with Crippen LogP contribution in [0.4, 0.5) is 0 Å². The molecule has 2 saturated carbocycles. The van der Waals surface area contributed by atoms with Gasteiger partial charge >= 0.3 is 0 Å². The lowest BCUT2D eigenvalue weighted by molar-refractivity contribution is 0.215. The van der Waals surface area contributed by atoms with Gasteiger partial charge in [0.05, 0.1) is 0 Å². The third-order valence-electron chi connectivity index (χ3n) is 7.11. The highest BCUT2D eigenvalue weighted by molar-refractivity contribution is 6.47. The summed E-state index contributed by atoms with van der Waals surface area (Å²) in [6.45, 7) is 28.0. The first-order valence-electron chi connectivity index (χ1n) is 10.6. The molecule has 0 amide bonds. The Labute approximate surface area is 169 Å². The molecule has 2 aliphatic carbocycles. The minimum Gasteiger partial charge on any atom is -0.383 e. The van der Waals surface area contributed by atoms with Crippen LogP contribution in [0, 0.1) is 17.3 Å². The molecule has 1 nitrogen and oxygen atoms in total. The molecule has 0 heterocycles. The molecule has 2 aliphatic rings. The zero-order chi connectivity index (χ0) is 20.4. The summed E-state index contributed by atoms with van der Waals surface area (Å²) in [7, 11) is 1.16. The molecule has 2 rings (SSSR count). The predicted molar refractivity (Wildman–Crippen MR) is 123 cm³/mol. The second-order valence-corrected chi connectivity index (χ2v) is 10.0. The lowest BCUT2D eigenvalue weighted by Gasteiger charge is -2.48. The third-order valence-corrected chi connectivity index (χ3v) is 7.11. The summed E-state index contributed by atoms with van der Waals surface area (Å²) in [5.74, 6) is 2.06. The van der Waals surface area contributed by atoms with Gasteiger partial charge in [0.2, 0.25) is 0 Å². The van der Waals surface area contributed by atoms with Gasteiger partial charge in [0, 0.05) is 16.7 Å². The maximum atomic E-state index is 4.35. The lowest BCUT2D eigenvalue weighted by atomic mass is 9.46. The Kier molecular flexibility index (Phi) is 6.71. The SMILES string of the molecule is C=CC(C)(C)C(=C)NC1(C)CC(BC(=C)CC/C=C2\CC(=C)C(C)C2C)C1. The van der Waals surface area contributed by atoms with Crippen molar-refractivity contribution in [1.82, 2.24) is 5.32 Å². The van der Waals surface area contributed by atoms with Crippen LogP contribution in [0.1, 0.15) is 66.7 Å². The fourth-order valence-electron chi connectivity index (χ4n) is 4.60. The first-order valence-corrected chi connectivity index (χ1v) is 10.6. The van der Waals surface area contributed by atoms with Gasteiger partial charge in [0.1, 0.15) is 0 Å². The van der Waals surface area contributed by atoms with Crippen LogP contribution in [-0.2, 0) is 0 Å². The molecule has 1 N–H and O–H groups in total. The lowest BCUT2D eigenvalue weighted by Crippen LogP contribution is -2.53. The van der Waals surface area contributed by atoms with Gasteiger partial charge in [-0.3, -0.25) is 0 Å². The molecule has 0 aromatic rings. The Hall–Kier alpha value is -1.44. The Bertz CT molecular complexity index is 645. The van der Waals surface area contributed by atoms with E-state index >= 15 is 0 Å². The molecule has 27 heavy (non-hydrogen) atoms. The summed E-state index contributed by atoms with van der Waals surface area (Å²) >= 11 is 0. The first-order chi connectivity index (χ1) is 12.5. The molecule has 0 bridgehead atoms. The molecule has 0 aromatic carbocycles. The number of allylic oxidation sites excluding steroid dienone is 5. The van der Waals surface area contributed by atoms with Crippen LogP contribution in [0.3, 0.4) is 0 Å². The van der Waals surface area contributed by atoms with E-state index in [9.17, 15) is 0 Å². The van der Waals surface area contributed by atoms with E-state index in [1.54, 1.807) is 5.57 Å². The number of hydrogen-bond acceptors (Lipinski definition) is 1. The van der Waals surface area contributed by atoms with Crippen molar-refractivity contribution in [2.75, 3.05) is 0 Å². The highest BCUT2D eigenvalue weighted by Gasteiger charge is 2.41. The van der Waals surface area contributed by atoms with Crippen molar-refractivity contribution in [2.24, 2.45) is 17.3 Å². The van der Waals surface area contributed by atoms with Gasteiger partial charge in [-0.25, -0.2) is 0 Å². The fourth-order valence-corrected chi connectivity index (χ4v) is 4.60. The molecule has 0 radical (unpaired) electrons. The van der Waals surface area contributed by atoms with Crippen molar-refractivity contribution in [1.29, 1.82) is 0 Å². The smallest absolute Gasteiger partial charge is 0.154 e. The molecular weight excluding hydrogens is 325 g/mol. The number of rotatable bonds is 9. The van der Waals surface area contributed by atoms with Crippen LogP contribution >= 0.6 is 0 Å². The van der Waals surface area contributed by atoms with E-state index in [0.717, 1.165) is 38.1 Å². The number of hydrogen-bond donors (Lipinski definition) is 1. The summed E-state index contributed by atoms with van der Waals surface area (Å²) in [6, 6.07) is 0. The Balaban J connectivity index is 1.72. The van der Waals surface area contributed by atoms with Crippen LogP contribution in [-0.4, -0.2) is 12.8 Å². The van der Waals surface area contributed by atoms with E-state index in [1.165, 1.54) is 23.9 Å². The maximum Gasteiger partial charge on any atom is 0.154 e. The van der Waals surface area contributed by atoms with E-state index in [1.807, 2.05) is 6.08 Å². The van der Waals surface area contributed by atoms with Gasteiger partial charge in [-0.15, -0.1) is 18.6 Å². The predicted octanol–water partition coefficient (Wildman–Crippen LogP) is 6.53. The van der Waals surface area contributed by atoms with Gasteiger partial charge in [0.15, 0.2) is 7.28 Å². The molecule has 0 aromatic heterocycles. The average molecular weight is 365 g/mol. The Morgan fingerprint density at radius 3 is 2.41 bits per heavy atom. The van der Waals surface area contributed by atoms with Crippen molar-refractivity contribution < 1.29 is 0 Å². The van der Waals surface area contributed by atoms with Crippen molar-refractivity contribution in [2.45, 2.75) is 78.1 Å². The highest BCUT2D eigenvalue weighted by atomic mass is 15.0. The highest BCUT2D eigenvalue weighted by Crippen LogP contribution is 2.44. The maximum absolute atomic E-state index is 4.35. The normalized spacial score (nSPS) is 32.1. The summed E-state index contributed by atoms with van der Waals surface area (Å²) in [4.78, 5) is 0. The Morgan fingerprint density at radius 1 is 1.26 bits per heavy atom. The van der Waals surface area contributed by atoms with Crippen molar-refractivity contribution in [3.8, 4) is 0 Å². The van der Waals surface area contributed by atoms with Gasteiger partial charge in [0.25, 0.3) is 0 Å². The van der Waals surface area contributed by atoms with E-state index < -0.39 is 0 Å². The van der Waals surface area contributed by atoms with Crippen LogP contribution < -0.4 is 5.32 Å². The molecule has 0 saturated heterocycles. The van der Waals surface area contributed by atoms with Gasteiger partial charge < -0.3 is 5.32 Å². The molecule has 2 atom stereocenters. The topological polar surface area (TPSA) is 12.0 Å². The summed E-state index contributed by atoms with van der Waals surface area (Å²) in [6.07, 6.45) is 10.2. The second kappa shape index (κ2) is 8.29. The average Bonchev–Trinajstić information content (AvgIpc) is 2.80. The monoisotopic (exact) mass is 365 g/mol. The molecule has 2 fully saturated rings. The minimum absolute atomic E-state index is 0.0641. The molecule has 2 unspecified atom stereocenters. The van der Waals surface area contributed by atoms with Crippen LogP contribution in [0.25, 0.3) is 0 Å². The van der Waals surface area contributed by atoms with Crippen LogP contribution in [0.15, 0.2) is 60.8 Å². The van der Waals surface area contributed by atoms with Gasteiger partial charge in [-0.1, -0.05) is 70.0 Å². The quantitative estimate of drug-likeness (QED) is 0.362. The Morgan fingerprint density at radius 2 is 1.89 bits per heavy atom. The van der Waals surface area contributed by atoms with E-state index in [2.05, 4.69) is 72.3 Å². The molecule has 0 aliphatic heterocycles. The molecule has 148 valence electrons. The fraction of sp³-hybridized carbons (Fsp3) is 0.600. The van der Waals surface area contributed by atoms with E-state index in [-0.39, 0.29) is 11.0 Å². The molecule has 2 heteroatoms.